The zero-order valence-corrected chi connectivity index (χ0v) is 17.1. The zero-order valence-electron chi connectivity index (χ0n) is 17.1. The molecule has 2 rings (SSSR count). The van der Waals surface area contributed by atoms with Crippen LogP contribution in [0, 0.1) is 5.92 Å². The normalized spacial score (nSPS) is 18.8. The Labute approximate surface area is 176 Å². The zero-order chi connectivity index (χ0) is 23.5. The van der Waals surface area contributed by atoms with Crippen molar-refractivity contribution in [3.8, 4) is 0 Å². The maximum absolute atomic E-state index is 12.5. The Bertz CT molecular complexity index is 797. The molecule has 4 amide bonds. The Morgan fingerprint density at radius 2 is 1.26 bits per heavy atom. The van der Waals surface area contributed by atoms with Gasteiger partial charge in [-0.05, 0) is 20.8 Å². The minimum atomic E-state index is -2.33. The second kappa shape index (κ2) is 9.20. The molecular weight excluding hydrogens is 420 g/mol. The van der Waals surface area contributed by atoms with Crippen molar-refractivity contribution in [2.45, 2.75) is 64.6 Å². The van der Waals surface area contributed by atoms with Crippen LogP contribution >= 0.6 is 0 Å². The number of amides is 4. The molecule has 0 aliphatic carbocycles. The fourth-order valence-corrected chi connectivity index (χ4v) is 2.64. The first-order chi connectivity index (χ1) is 14.3. The highest BCUT2D eigenvalue weighted by Crippen LogP contribution is 2.22. The van der Waals surface area contributed by atoms with Crippen LogP contribution in [-0.4, -0.2) is 68.5 Å². The number of imide groups is 2. The third-order valence-electron chi connectivity index (χ3n) is 4.10. The highest BCUT2D eigenvalue weighted by atomic mass is 16.7. The summed E-state index contributed by atoms with van der Waals surface area (Å²) in [4.78, 5) is 92.4. The van der Waals surface area contributed by atoms with Gasteiger partial charge < -0.3 is 19.5 Å². The molecule has 0 bridgehead atoms. The molecule has 2 heterocycles. The smallest absolute Gasteiger partial charge is 0.362 e. The molecule has 1 N–H and O–H groups in total. The number of nitrogens with zero attached hydrogens (tertiary/aromatic N) is 2. The lowest BCUT2D eigenvalue weighted by Gasteiger charge is -2.26. The molecule has 0 radical (unpaired) electrons. The largest absolute Gasteiger partial charge is 0.460 e. The van der Waals surface area contributed by atoms with E-state index in [0.29, 0.717) is 0 Å². The quantitative estimate of drug-likeness (QED) is 0.375. The van der Waals surface area contributed by atoms with E-state index < -0.39 is 65.6 Å². The molecule has 0 saturated carbocycles. The first-order valence-corrected chi connectivity index (χ1v) is 9.35. The minimum absolute atomic E-state index is 0.158. The summed E-state index contributed by atoms with van der Waals surface area (Å²) >= 11 is 0. The average molecular weight is 442 g/mol. The average Bonchev–Trinajstić information content (AvgIpc) is 3.14. The van der Waals surface area contributed by atoms with Crippen molar-refractivity contribution in [1.29, 1.82) is 0 Å². The second-order valence-electron chi connectivity index (χ2n) is 7.83. The monoisotopic (exact) mass is 442 g/mol. The number of carbonyl (C=O) groups is 7. The summed E-state index contributed by atoms with van der Waals surface area (Å²) in [6.45, 7) is 4.48. The lowest BCUT2D eigenvalue weighted by atomic mass is 9.98. The molecule has 0 aromatic carbocycles. The number of aliphatic hydroxyl groups excluding tert-OH is 1. The van der Waals surface area contributed by atoms with Gasteiger partial charge in [-0.2, -0.15) is 0 Å². The molecule has 0 aromatic rings. The lowest BCUT2D eigenvalue weighted by molar-refractivity contribution is -0.209. The summed E-state index contributed by atoms with van der Waals surface area (Å²) in [6.07, 6.45) is -4.00. The van der Waals surface area contributed by atoms with Gasteiger partial charge in [0, 0.05) is 25.7 Å². The van der Waals surface area contributed by atoms with Crippen molar-refractivity contribution in [1.82, 2.24) is 10.1 Å². The Balaban J connectivity index is 2.14. The highest BCUT2D eigenvalue weighted by Gasteiger charge is 2.43. The van der Waals surface area contributed by atoms with E-state index in [4.69, 9.17) is 4.74 Å². The van der Waals surface area contributed by atoms with Gasteiger partial charge >= 0.3 is 17.9 Å². The van der Waals surface area contributed by atoms with Crippen LogP contribution in [0.1, 0.15) is 52.9 Å². The number of esters is 1. The highest BCUT2D eigenvalue weighted by molar-refractivity contribution is 6.02. The number of hydrogen-bond donors (Lipinski definition) is 1. The van der Waals surface area contributed by atoms with Crippen molar-refractivity contribution in [2.75, 3.05) is 0 Å². The Kier molecular flexibility index (Phi) is 7.10. The second-order valence-corrected chi connectivity index (χ2v) is 7.83. The predicted molar refractivity (Wildman–Crippen MR) is 94.3 cm³/mol. The summed E-state index contributed by atoms with van der Waals surface area (Å²) < 4.78 is 5.09. The fraction of sp³-hybridized carbons (Fsp3) is 0.611. The Morgan fingerprint density at radius 1 is 0.839 bits per heavy atom. The predicted octanol–water partition coefficient (Wildman–Crippen LogP) is -1.09. The van der Waals surface area contributed by atoms with Crippen LogP contribution in [0.3, 0.4) is 0 Å². The maximum Gasteiger partial charge on any atom is 0.362 e. The van der Waals surface area contributed by atoms with E-state index in [0.717, 1.165) is 0 Å². The minimum Gasteiger partial charge on any atom is -0.460 e. The van der Waals surface area contributed by atoms with Crippen molar-refractivity contribution in [3.05, 3.63) is 0 Å². The molecular formula is C18H22N2O11. The van der Waals surface area contributed by atoms with Gasteiger partial charge in [-0.3, -0.25) is 24.0 Å². The van der Waals surface area contributed by atoms with Gasteiger partial charge in [0.2, 0.25) is 0 Å². The fourth-order valence-electron chi connectivity index (χ4n) is 2.64. The number of hydrogen-bond acceptors (Lipinski definition) is 11. The van der Waals surface area contributed by atoms with Crippen molar-refractivity contribution in [3.63, 3.8) is 0 Å². The molecule has 0 spiro atoms. The van der Waals surface area contributed by atoms with Gasteiger partial charge in [-0.25, -0.2) is 9.59 Å². The van der Waals surface area contributed by atoms with E-state index in [1.54, 1.807) is 0 Å². The molecule has 2 aliphatic heterocycles. The van der Waals surface area contributed by atoms with Crippen molar-refractivity contribution >= 4 is 41.5 Å². The van der Waals surface area contributed by atoms with Crippen molar-refractivity contribution in [2.24, 2.45) is 5.92 Å². The maximum atomic E-state index is 12.5. The number of carbonyl (C=O) groups excluding carboxylic acids is 7. The van der Waals surface area contributed by atoms with Crippen LogP contribution in [0.15, 0.2) is 0 Å². The van der Waals surface area contributed by atoms with Crippen LogP contribution in [0.25, 0.3) is 0 Å². The van der Waals surface area contributed by atoms with Crippen LogP contribution in [0.5, 0.6) is 0 Å². The lowest BCUT2D eigenvalue weighted by Crippen LogP contribution is -2.44. The van der Waals surface area contributed by atoms with E-state index >= 15 is 0 Å². The first-order valence-electron chi connectivity index (χ1n) is 9.35. The molecule has 13 heteroatoms. The van der Waals surface area contributed by atoms with Gasteiger partial charge in [0.15, 0.2) is 6.10 Å². The Hall–Kier alpha value is -3.35. The number of rotatable bonds is 7. The first kappa shape index (κ1) is 23.9. The molecule has 170 valence electrons. The van der Waals surface area contributed by atoms with Crippen LogP contribution in [-0.2, 0) is 48.0 Å². The van der Waals surface area contributed by atoms with E-state index in [9.17, 15) is 38.7 Å². The topological polar surface area (TPSA) is 174 Å². The number of ether oxygens (including phenoxy) is 1. The van der Waals surface area contributed by atoms with Gasteiger partial charge in [-0.1, -0.05) is 0 Å². The molecule has 2 atom stereocenters. The summed E-state index contributed by atoms with van der Waals surface area (Å²) in [5.74, 6) is -9.06. The molecule has 2 aliphatic rings. The molecule has 2 unspecified atom stereocenters. The SMILES string of the molecule is CC(C)(C)OC(=O)C(CC(=O)ON1C(=O)CCC1=O)C(O)C(=O)ON1C(=O)CCC1=O. The Morgan fingerprint density at radius 3 is 1.68 bits per heavy atom. The third-order valence-corrected chi connectivity index (χ3v) is 4.10. The van der Waals surface area contributed by atoms with Gasteiger partial charge in [0.25, 0.3) is 23.6 Å². The summed E-state index contributed by atoms with van der Waals surface area (Å²) in [5.41, 5.74) is -1.06. The van der Waals surface area contributed by atoms with Crippen LogP contribution in [0.2, 0.25) is 0 Å². The summed E-state index contributed by atoms with van der Waals surface area (Å²) in [6, 6.07) is 0. The van der Waals surface area contributed by atoms with Gasteiger partial charge in [0.05, 0.1) is 6.42 Å². The molecule has 31 heavy (non-hydrogen) atoms. The van der Waals surface area contributed by atoms with E-state index in [-0.39, 0.29) is 35.8 Å². The molecule has 13 nitrogen and oxygen atoms in total. The standard InChI is InChI=1S/C18H22N2O11/c1-18(2,3)29-16(27)9(8-14(25)30-19-10(21)4-5-11(19)22)15(26)17(28)31-20-12(23)6-7-13(20)24/h9,15,26H,4-8H2,1-3H3. The summed E-state index contributed by atoms with van der Waals surface area (Å²) in [5, 5.41) is 10.7. The molecule has 2 saturated heterocycles. The van der Waals surface area contributed by atoms with Crippen molar-refractivity contribution < 1.29 is 53.1 Å². The van der Waals surface area contributed by atoms with Crippen LogP contribution < -0.4 is 0 Å². The molecule has 2 fully saturated rings. The van der Waals surface area contributed by atoms with E-state index in [2.05, 4.69) is 9.68 Å². The van der Waals surface area contributed by atoms with Gasteiger partial charge in [-0.15, -0.1) is 10.1 Å². The summed E-state index contributed by atoms with van der Waals surface area (Å²) in [7, 11) is 0. The molecule has 0 aromatic heterocycles. The third kappa shape index (κ3) is 6.07. The van der Waals surface area contributed by atoms with Gasteiger partial charge in [0.1, 0.15) is 11.5 Å². The number of aliphatic hydroxyl groups is 1. The van der Waals surface area contributed by atoms with Crippen LogP contribution in [0.4, 0.5) is 0 Å². The number of hydroxylamine groups is 4. The van der Waals surface area contributed by atoms with E-state index in [1.165, 1.54) is 20.8 Å². The van der Waals surface area contributed by atoms with E-state index in [1.807, 2.05) is 0 Å².